The molecule has 4 atom stereocenters. The topological polar surface area (TPSA) is 78.8 Å². The standard InChI is InChI=1S/C20H25N3O3/c1-13-7-6-10-17(14(13)2)21-11-16-18(24)22-20(26)23(19(16)25)12-15-8-4-3-5-9-15/h3-5,8-9,11,13-14,16-17H,6-7,10,12H2,1-2H3,(H,22,24,26)/t13-,14-,16?,17-/m1/s1. The zero-order chi connectivity index (χ0) is 18.7. The minimum absolute atomic E-state index is 0.125. The second-order valence-corrected chi connectivity index (χ2v) is 7.31. The van der Waals surface area contributed by atoms with Crippen LogP contribution in [-0.4, -0.2) is 35.0 Å². The van der Waals surface area contributed by atoms with Gasteiger partial charge in [0, 0.05) is 6.21 Å². The number of carbonyl (C=O) groups is 3. The number of urea groups is 1. The van der Waals surface area contributed by atoms with Gasteiger partial charge in [0.05, 0.1) is 12.6 Å². The first-order valence-electron chi connectivity index (χ1n) is 9.20. The van der Waals surface area contributed by atoms with Crippen LogP contribution in [0.25, 0.3) is 0 Å². The maximum atomic E-state index is 12.7. The van der Waals surface area contributed by atoms with Crippen LogP contribution in [0.1, 0.15) is 38.7 Å². The average molecular weight is 355 g/mol. The number of nitrogens with one attached hydrogen (secondary N) is 1. The van der Waals surface area contributed by atoms with Crippen LogP contribution in [0.4, 0.5) is 4.79 Å². The van der Waals surface area contributed by atoms with E-state index >= 15 is 0 Å². The molecule has 1 heterocycles. The molecule has 4 amide bonds. The molecule has 0 bridgehead atoms. The summed E-state index contributed by atoms with van der Waals surface area (Å²) in [6.45, 7) is 4.52. The lowest BCUT2D eigenvalue weighted by Crippen LogP contribution is -2.58. The second-order valence-electron chi connectivity index (χ2n) is 7.31. The van der Waals surface area contributed by atoms with E-state index < -0.39 is 23.8 Å². The minimum atomic E-state index is -1.04. The molecule has 2 fully saturated rings. The number of benzene rings is 1. The molecular weight excluding hydrogens is 330 g/mol. The number of amides is 4. The number of imide groups is 2. The molecule has 138 valence electrons. The summed E-state index contributed by atoms with van der Waals surface area (Å²) in [7, 11) is 0. The summed E-state index contributed by atoms with van der Waals surface area (Å²) in [5.74, 6) is -1.14. The molecule has 6 nitrogen and oxygen atoms in total. The van der Waals surface area contributed by atoms with Gasteiger partial charge < -0.3 is 0 Å². The summed E-state index contributed by atoms with van der Waals surface area (Å²) >= 11 is 0. The summed E-state index contributed by atoms with van der Waals surface area (Å²) in [6, 6.07) is 8.69. The number of carbonyl (C=O) groups excluding carboxylic acids is 3. The normalized spacial score (nSPS) is 29.9. The van der Waals surface area contributed by atoms with Crippen LogP contribution in [0, 0.1) is 17.8 Å². The molecule has 2 aliphatic rings. The van der Waals surface area contributed by atoms with Gasteiger partial charge in [0.2, 0.25) is 11.8 Å². The molecule has 1 aromatic carbocycles. The molecule has 6 heteroatoms. The molecule has 0 aromatic heterocycles. The quantitative estimate of drug-likeness (QED) is 0.666. The highest BCUT2D eigenvalue weighted by Crippen LogP contribution is 2.31. The van der Waals surface area contributed by atoms with Crippen molar-refractivity contribution in [1.82, 2.24) is 10.2 Å². The molecular formula is C20H25N3O3. The largest absolute Gasteiger partial charge is 0.331 e. The monoisotopic (exact) mass is 355 g/mol. The van der Waals surface area contributed by atoms with E-state index in [9.17, 15) is 14.4 Å². The molecule has 26 heavy (non-hydrogen) atoms. The van der Waals surface area contributed by atoms with Gasteiger partial charge in [-0.1, -0.05) is 57.0 Å². The molecule has 1 saturated carbocycles. The lowest BCUT2D eigenvalue weighted by Gasteiger charge is -2.32. The van der Waals surface area contributed by atoms with E-state index in [2.05, 4.69) is 24.2 Å². The van der Waals surface area contributed by atoms with Crippen molar-refractivity contribution in [2.45, 2.75) is 45.7 Å². The zero-order valence-electron chi connectivity index (χ0n) is 15.2. The SMILES string of the molecule is C[C@@H]1[C@H](C)CCC[C@H]1N=CC1C(=O)NC(=O)N(Cc2ccccc2)C1=O. The number of hydrogen-bond donors (Lipinski definition) is 1. The van der Waals surface area contributed by atoms with Crippen molar-refractivity contribution in [3.8, 4) is 0 Å². The van der Waals surface area contributed by atoms with Gasteiger partial charge in [0.15, 0.2) is 5.92 Å². The van der Waals surface area contributed by atoms with Gasteiger partial charge in [-0.3, -0.25) is 24.8 Å². The predicted molar refractivity (Wildman–Crippen MR) is 98.5 cm³/mol. The summed E-state index contributed by atoms with van der Waals surface area (Å²) in [5.41, 5.74) is 0.829. The third-order valence-corrected chi connectivity index (χ3v) is 5.56. The Balaban J connectivity index is 1.74. The van der Waals surface area contributed by atoms with Gasteiger partial charge in [0.1, 0.15) is 0 Å². The van der Waals surface area contributed by atoms with Gasteiger partial charge in [-0.15, -0.1) is 0 Å². The van der Waals surface area contributed by atoms with Gasteiger partial charge in [-0.2, -0.15) is 0 Å². The van der Waals surface area contributed by atoms with Gasteiger partial charge in [-0.25, -0.2) is 4.79 Å². The number of barbiturate groups is 1. The molecule has 1 N–H and O–H groups in total. The van der Waals surface area contributed by atoms with Crippen molar-refractivity contribution in [2.75, 3.05) is 0 Å². The average Bonchev–Trinajstić information content (AvgIpc) is 2.62. The van der Waals surface area contributed by atoms with Gasteiger partial charge in [0.25, 0.3) is 0 Å². The Morgan fingerprint density at radius 1 is 1.15 bits per heavy atom. The van der Waals surface area contributed by atoms with Crippen molar-refractivity contribution in [3.05, 3.63) is 35.9 Å². The Morgan fingerprint density at radius 2 is 1.88 bits per heavy atom. The van der Waals surface area contributed by atoms with E-state index in [1.165, 1.54) is 12.6 Å². The van der Waals surface area contributed by atoms with Crippen molar-refractivity contribution in [2.24, 2.45) is 22.7 Å². The van der Waals surface area contributed by atoms with E-state index in [1.807, 2.05) is 30.3 Å². The molecule has 1 aliphatic heterocycles. The highest BCUT2D eigenvalue weighted by Gasteiger charge is 2.39. The van der Waals surface area contributed by atoms with E-state index in [4.69, 9.17) is 0 Å². The van der Waals surface area contributed by atoms with Crippen LogP contribution < -0.4 is 5.32 Å². The molecule has 1 unspecified atom stereocenters. The van der Waals surface area contributed by atoms with Crippen molar-refractivity contribution < 1.29 is 14.4 Å². The summed E-state index contributed by atoms with van der Waals surface area (Å²) in [6.07, 6.45) is 4.71. The molecule has 0 radical (unpaired) electrons. The summed E-state index contributed by atoms with van der Waals surface area (Å²) in [5, 5.41) is 2.27. The van der Waals surface area contributed by atoms with E-state index in [0.29, 0.717) is 11.8 Å². The van der Waals surface area contributed by atoms with Gasteiger partial charge in [-0.05, 0) is 23.8 Å². The molecule has 1 saturated heterocycles. The predicted octanol–water partition coefficient (Wildman–Crippen LogP) is 2.78. The number of nitrogens with zero attached hydrogens (tertiary/aromatic N) is 2. The van der Waals surface area contributed by atoms with Crippen molar-refractivity contribution in [3.63, 3.8) is 0 Å². The minimum Gasteiger partial charge on any atom is -0.293 e. The first-order chi connectivity index (χ1) is 12.5. The third kappa shape index (κ3) is 3.84. The Labute approximate surface area is 153 Å². The van der Waals surface area contributed by atoms with Crippen LogP contribution in [0.15, 0.2) is 35.3 Å². The van der Waals surface area contributed by atoms with Crippen LogP contribution in [0.5, 0.6) is 0 Å². The Kier molecular flexibility index (Phi) is 5.49. The third-order valence-electron chi connectivity index (χ3n) is 5.56. The number of rotatable bonds is 4. The van der Waals surface area contributed by atoms with Crippen LogP contribution in [0.3, 0.4) is 0 Å². The highest BCUT2D eigenvalue weighted by molar-refractivity contribution is 6.23. The van der Waals surface area contributed by atoms with Gasteiger partial charge >= 0.3 is 6.03 Å². The molecule has 1 aliphatic carbocycles. The first kappa shape index (κ1) is 18.3. The fourth-order valence-electron chi connectivity index (χ4n) is 3.64. The fourth-order valence-corrected chi connectivity index (χ4v) is 3.64. The highest BCUT2D eigenvalue weighted by atomic mass is 16.2. The maximum Gasteiger partial charge on any atom is 0.331 e. The van der Waals surface area contributed by atoms with Crippen molar-refractivity contribution >= 4 is 24.1 Å². The fraction of sp³-hybridized carbons (Fsp3) is 0.500. The smallest absolute Gasteiger partial charge is 0.293 e. The Hall–Kier alpha value is -2.50. The van der Waals surface area contributed by atoms with E-state index in [1.54, 1.807) is 0 Å². The number of aliphatic imine (C=N–C) groups is 1. The lowest BCUT2D eigenvalue weighted by atomic mass is 9.78. The maximum absolute atomic E-state index is 12.7. The van der Waals surface area contributed by atoms with E-state index in [0.717, 1.165) is 23.3 Å². The van der Waals surface area contributed by atoms with Crippen LogP contribution >= 0.6 is 0 Å². The second kappa shape index (κ2) is 7.81. The van der Waals surface area contributed by atoms with Crippen LogP contribution in [0.2, 0.25) is 0 Å². The Morgan fingerprint density at radius 3 is 2.62 bits per heavy atom. The first-order valence-corrected chi connectivity index (χ1v) is 9.20. The van der Waals surface area contributed by atoms with E-state index in [-0.39, 0.29) is 12.6 Å². The zero-order valence-corrected chi connectivity index (χ0v) is 15.2. The lowest BCUT2D eigenvalue weighted by molar-refractivity contribution is -0.139. The number of hydrogen-bond acceptors (Lipinski definition) is 4. The Bertz CT molecular complexity index is 716. The molecule has 0 spiro atoms. The van der Waals surface area contributed by atoms with Crippen molar-refractivity contribution in [1.29, 1.82) is 0 Å². The summed E-state index contributed by atoms with van der Waals surface area (Å²) in [4.78, 5) is 42.6. The van der Waals surface area contributed by atoms with Crippen LogP contribution in [-0.2, 0) is 16.1 Å². The summed E-state index contributed by atoms with van der Waals surface area (Å²) < 4.78 is 0. The molecule has 3 rings (SSSR count). The molecule has 1 aromatic rings.